The van der Waals surface area contributed by atoms with Gasteiger partial charge in [-0.05, 0) is 35.9 Å². The first-order chi connectivity index (χ1) is 11.6. The van der Waals surface area contributed by atoms with Crippen LogP contribution in [0.15, 0.2) is 55.0 Å². The van der Waals surface area contributed by atoms with Crippen molar-refractivity contribution in [3.63, 3.8) is 0 Å². The number of pyridine rings is 1. The maximum atomic E-state index is 13.9. The Labute approximate surface area is 142 Å². The number of carbonyl (C=O) groups excluding carboxylic acids is 2. The highest BCUT2D eigenvalue weighted by molar-refractivity contribution is 6.35. The lowest BCUT2D eigenvalue weighted by molar-refractivity contribution is 0.0988. The zero-order valence-corrected chi connectivity index (χ0v) is 13.2. The molecule has 1 aromatic carbocycles. The van der Waals surface area contributed by atoms with Gasteiger partial charge in [0.1, 0.15) is 5.82 Å². The maximum absolute atomic E-state index is 13.9. The minimum Gasteiger partial charge on any atom is -0.358 e. The molecule has 6 heteroatoms. The van der Waals surface area contributed by atoms with E-state index in [-0.39, 0.29) is 34.0 Å². The van der Waals surface area contributed by atoms with Crippen LogP contribution >= 0.6 is 11.6 Å². The number of aromatic nitrogens is 2. The van der Waals surface area contributed by atoms with E-state index in [0.717, 1.165) is 5.56 Å². The second-order valence-electron chi connectivity index (χ2n) is 5.18. The van der Waals surface area contributed by atoms with E-state index in [1.165, 1.54) is 30.5 Å². The molecular weight excluding hydrogens is 331 g/mol. The van der Waals surface area contributed by atoms with E-state index in [1.807, 2.05) is 0 Å². The van der Waals surface area contributed by atoms with Crippen LogP contribution in [0.25, 0.3) is 0 Å². The number of nitrogens with zero attached hydrogens (tertiary/aromatic N) is 1. The summed E-state index contributed by atoms with van der Waals surface area (Å²) in [5.74, 6) is -1.45. The van der Waals surface area contributed by atoms with Crippen molar-refractivity contribution in [2.75, 3.05) is 0 Å². The minimum absolute atomic E-state index is 0.0332. The SMILES string of the molecule is O=C(Cc1ccncc1)c1cc(C(=O)c2c(F)cccc2Cl)c[nH]1. The largest absolute Gasteiger partial charge is 0.358 e. The van der Waals surface area contributed by atoms with Gasteiger partial charge in [0.25, 0.3) is 0 Å². The van der Waals surface area contributed by atoms with Crippen molar-refractivity contribution in [3.8, 4) is 0 Å². The van der Waals surface area contributed by atoms with E-state index in [9.17, 15) is 14.0 Å². The molecule has 0 bridgehead atoms. The lowest BCUT2D eigenvalue weighted by Gasteiger charge is -2.02. The number of halogens is 2. The highest BCUT2D eigenvalue weighted by Gasteiger charge is 2.20. The Kier molecular flexibility index (Phi) is 4.53. The quantitative estimate of drug-likeness (QED) is 0.716. The summed E-state index contributed by atoms with van der Waals surface area (Å²) in [5, 5.41) is 0.0332. The van der Waals surface area contributed by atoms with E-state index in [2.05, 4.69) is 9.97 Å². The number of nitrogens with one attached hydrogen (secondary N) is 1. The molecular formula is C18H12ClFN2O2. The third kappa shape index (κ3) is 3.26. The molecule has 4 nitrogen and oxygen atoms in total. The molecule has 2 heterocycles. The fraction of sp³-hybridized carbons (Fsp3) is 0.0556. The molecule has 3 aromatic rings. The average Bonchev–Trinajstić information content (AvgIpc) is 3.05. The molecule has 0 amide bonds. The van der Waals surface area contributed by atoms with E-state index in [1.54, 1.807) is 24.5 Å². The Morgan fingerprint density at radius 1 is 1.17 bits per heavy atom. The molecule has 0 aliphatic rings. The van der Waals surface area contributed by atoms with Crippen LogP contribution in [0, 0.1) is 5.82 Å². The van der Waals surface area contributed by atoms with Gasteiger partial charge >= 0.3 is 0 Å². The second-order valence-corrected chi connectivity index (χ2v) is 5.59. The molecule has 0 aliphatic heterocycles. The third-order valence-corrected chi connectivity index (χ3v) is 3.86. The van der Waals surface area contributed by atoms with Crippen LogP contribution in [-0.4, -0.2) is 21.5 Å². The lowest BCUT2D eigenvalue weighted by atomic mass is 10.0. The molecule has 0 aliphatic carbocycles. The summed E-state index contributed by atoms with van der Waals surface area (Å²) in [6.45, 7) is 0. The molecule has 1 N–H and O–H groups in total. The predicted octanol–water partition coefficient (Wildman–Crippen LogP) is 3.86. The summed E-state index contributed by atoms with van der Waals surface area (Å²) in [5.41, 5.74) is 1.07. The first kappa shape index (κ1) is 16.1. The molecule has 0 saturated carbocycles. The average molecular weight is 343 g/mol. The summed E-state index contributed by atoms with van der Waals surface area (Å²) in [6.07, 6.45) is 4.76. The standard InChI is InChI=1S/C18H12ClFN2O2/c19-13-2-1-3-14(20)17(13)18(24)12-9-15(22-10-12)16(23)8-11-4-6-21-7-5-11/h1-7,9-10,22H,8H2. The normalized spacial score (nSPS) is 10.6. The fourth-order valence-corrected chi connectivity index (χ4v) is 2.58. The monoisotopic (exact) mass is 342 g/mol. The number of hydrogen-bond acceptors (Lipinski definition) is 3. The molecule has 0 fully saturated rings. The van der Waals surface area contributed by atoms with Gasteiger partial charge in [0.15, 0.2) is 11.6 Å². The topological polar surface area (TPSA) is 62.8 Å². The van der Waals surface area contributed by atoms with Crippen molar-refractivity contribution in [3.05, 3.63) is 88.2 Å². The van der Waals surface area contributed by atoms with Gasteiger partial charge in [0, 0.05) is 30.6 Å². The van der Waals surface area contributed by atoms with Crippen LogP contribution in [0.1, 0.15) is 32.0 Å². The molecule has 2 aromatic heterocycles. The van der Waals surface area contributed by atoms with Crippen LogP contribution in [0.5, 0.6) is 0 Å². The number of ketones is 2. The molecule has 24 heavy (non-hydrogen) atoms. The molecule has 120 valence electrons. The number of carbonyl (C=O) groups is 2. The highest BCUT2D eigenvalue weighted by Crippen LogP contribution is 2.23. The Hall–Kier alpha value is -2.79. The van der Waals surface area contributed by atoms with Gasteiger partial charge in [-0.15, -0.1) is 0 Å². The Morgan fingerprint density at radius 2 is 1.92 bits per heavy atom. The maximum Gasteiger partial charge on any atom is 0.199 e. The fourth-order valence-electron chi connectivity index (χ4n) is 2.33. The van der Waals surface area contributed by atoms with Gasteiger partial charge in [0.2, 0.25) is 0 Å². The number of aromatic amines is 1. The zero-order valence-electron chi connectivity index (χ0n) is 12.4. The van der Waals surface area contributed by atoms with Gasteiger partial charge in [-0.3, -0.25) is 14.6 Å². The highest BCUT2D eigenvalue weighted by atomic mass is 35.5. The van der Waals surface area contributed by atoms with Crippen LogP contribution in [-0.2, 0) is 6.42 Å². The summed E-state index contributed by atoms with van der Waals surface area (Å²) >= 11 is 5.91. The molecule has 0 atom stereocenters. The Balaban J connectivity index is 1.83. The molecule has 0 radical (unpaired) electrons. The summed E-state index contributed by atoms with van der Waals surface area (Å²) in [7, 11) is 0. The Morgan fingerprint density at radius 3 is 2.62 bits per heavy atom. The van der Waals surface area contributed by atoms with E-state index in [4.69, 9.17) is 11.6 Å². The van der Waals surface area contributed by atoms with Crippen molar-refractivity contribution in [1.29, 1.82) is 0 Å². The number of rotatable bonds is 5. The Bertz CT molecular complexity index is 886. The first-order valence-electron chi connectivity index (χ1n) is 7.15. The van der Waals surface area contributed by atoms with Gasteiger partial charge in [-0.1, -0.05) is 17.7 Å². The van der Waals surface area contributed by atoms with E-state index < -0.39 is 11.6 Å². The van der Waals surface area contributed by atoms with Crippen LogP contribution in [0.2, 0.25) is 5.02 Å². The van der Waals surface area contributed by atoms with Gasteiger partial charge in [0.05, 0.1) is 16.3 Å². The van der Waals surface area contributed by atoms with Gasteiger partial charge in [-0.25, -0.2) is 4.39 Å². The number of hydrogen-bond donors (Lipinski definition) is 1. The van der Waals surface area contributed by atoms with Gasteiger partial charge < -0.3 is 4.98 Å². The first-order valence-corrected chi connectivity index (χ1v) is 7.53. The smallest absolute Gasteiger partial charge is 0.199 e. The van der Waals surface area contributed by atoms with Crippen molar-refractivity contribution in [2.24, 2.45) is 0 Å². The van der Waals surface area contributed by atoms with E-state index >= 15 is 0 Å². The molecule has 0 unspecified atom stereocenters. The van der Waals surface area contributed by atoms with Crippen LogP contribution in [0.3, 0.4) is 0 Å². The lowest BCUT2D eigenvalue weighted by Crippen LogP contribution is -2.05. The van der Waals surface area contributed by atoms with Crippen LogP contribution in [0.4, 0.5) is 4.39 Å². The van der Waals surface area contributed by atoms with Gasteiger partial charge in [-0.2, -0.15) is 0 Å². The predicted molar refractivity (Wildman–Crippen MR) is 87.9 cm³/mol. The number of Topliss-reactive ketones (excluding diaryl/α,β-unsaturated/α-hetero) is 1. The van der Waals surface area contributed by atoms with Crippen molar-refractivity contribution < 1.29 is 14.0 Å². The summed E-state index contributed by atoms with van der Waals surface area (Å²) in [6, 6.07) is 8.93. The zero-order chi connectivity index (χ0) is 17.1. The van der Waals surface area contributed by atoms with Crippen LogP contribution < -0.4 is 0 Å². The van der Waals surface area contributed by atoms with E-state index in [0.29, 0.717) is 0 Å². The van der Waals surface area contributed by atoms with Crippen molar-refractivity contribution in [1.82, 2.24) is 9.97 Å². The van der Waals surface area contributed by atoms with Crippen molar-refractivity contribution >= 4 is 23.2 Å². The summed E-state index contributed by atoms with van der Waals surface area (Å²) < 4.78 is 13.9. The third-order valence-electron chi connectivity index (χ3n) is 3.55. The summed E-state index contributed by atoms with van der Waals surface area (Å²) in [4.78, 5) is 31.3. The number of benzene rings is 1. The number of H-pyrrole nitrogens is 1. The molecule has 0 spiro atoms. The second kappa shape index (κ2) is 6.76. The molecule has 3 rings (SSSR count). The van der Waals surface area contributed by atoms with Crippen molar-refractivity contribution in [2.45, 2.75) is 6.42 Å². The minimum atomic E-state index is -0.696. The molecule has 0 saturated heterocycles.